The molecule has 1 amide bonds. The highest BCUT2D eigenvalue weighted by Crippen LogP contribution is 2.35. The number of carbonyl (C=O) groups excluding carboxylic acids is 2. The Balaban J connectivity index is 2.27. The number of nitriles is 1. The van der Waals surface area contributed by atoms with Crippen molar-refractivity contribution in [3.8, 4) is 11.8 Å². The lowest BCUT2D eigenvalue weighted by Crippen LogP contribution is -2.42. The van der Waals surface area contributed by atoms with Crippen LogP contribution in [0, 0.1) is 21.4 Å². The van der Waals surface area contributed by atoms with Crippen LogP contribution in [0.3, 0.4) is 0 Å². The summed E-state index contributed by atoms with van der Waals surface area (Å²) < 4.78 is 9.94. The zero-order chi connectivity index (χ0) is 16.3. The molecule has 9 nitrogen and oxygen atoms in total. The van der Waals surface area contributed by atoms with Gasteiger partial charge in [0.05, 0.1) is 10.6 Å². The van der Waals surface area contributed by atoms with Gasteiger partial charge in [-0.05, 0) is 13.0 Å². The highest BCUT2D eigenvalue weighted by Gasteiger charge is 2.30. The minimum absolute atomic E-state index is 0.118. The van der Waals surface area contributed by atoms with E-state index >= 15 is 0 Å². The van der Waals surface area contributed by atoms with Crippen LogP contribution in [-0.4, -0.2) is 36.1 Å². The average Bonchev–Trinajstić information content (AvgIpc) is 2.49. The Kier molecular flexibility index (Phi) is 4.22. The van der Waals surface area contributed by atoms with E-state index < -0.39 is 29.4 Å². The first kappa shape index (κ1) is 15.2. The van der Waals surface area contributed by atoms with Crippen molar-refractivity contribution < 1.29 is 24.0 Å². The van der Waals surface area contributed by atoms with Crippen LogP contribution in [0.4, 0.5) is 11.4 Å². The van der Waals surface area contributed by atoms with Crippen LogP contribution in [0.1, 0.15) is 6.92 Å². The molecule has 0 aromatic heterocycles. The molecule has 1 aliphatic heterocycles. The van der Waals surface area contributed by atoms with Gasteiger partial charge < -0.3 is 9.47 Å². The third-order valence-electron chi connectivity index (χ3n) is 2.87. The predicted molar refractivity (Wildman–Crippen MR) is 72.1 cm³/mol. The van der Waals surface area contributed by atoms with Gasteiger partial charge in [0.15, 0.2) is 12.7 Å². The van der Waals surface area contributed by atoms with Crippen LogP contribution >= 0.6 is 0 Å². The van der Waals surface area contributed by atoms with Gasteiger partial charge >= 0.3 is 5.97 Å². The Morgan fingerprint density at radius 1 is 1.64 bits per heavy atom. The van der Waals surface area contributed by atoms with E-state index in [0.29, 0.717) is 0 Å². The van der Waals surface area contributed by atoms with Crippen molar-refractivity contribution in [1.82, 2.24) is 0 Å². The van der Waals surface area contributed by atoms with Gasteiger partial charge in [0.2, 0.25) is 0 Å². The van der Waals surface area contributed by atoms with E-state index in [4.69, 9.17) is 14.7 Å². The largest absolute Gasteiger partial charge is 0.482 e. The van der Waals surface area contributed by atoms with E-state index in [1.165, 1.54) is 19.1 Å². The number of esters is 1. The van der Waals surface area contributed by atoms with Crippen molar-refractivity contribution in [2.24, 2.45) is 0 Å². The fourth-order valence-electron chi connectivity index (χ4n) is 1.87. The average molecular weight is 305 g/mol. The minimum atomic E-state index is -0.951. The molecule has 22 heavy (non-hydrogen) atoms. The number of non-ortho nitro benzene ring substituents is 1. The normalized spacial score (nSPS) is 14.4. The highest BCUT2D eigenvalue weighted by molar-refractivity contribution is 6.01. The third kappa shape index (κ3) is 3.12. The van der Waals surface area contributed by atoms with Crippen molar-refractivity contribution in [3.63, 3.8) is 0 Å². The Labute approximate surface area is 124 Å². The van der Waals surface area contributed by atoms with Gasteiger partial charge in [-0.25, -0.2) is 0 Å². The molecule has 0 fully saturated rings. The first-order chi connectivity index (χ1) is 10.4. The Bertz CT molecular complexity index is 681. The lowest BCUT2D eigenvalue weighted by atomic mass is 10.2. The van der Waals surface area contributed by atoms with Crippen LogP contribution < -0.4 is 9.64 Å². The lowest BCUT2D eigenvalue weighted by molar-refractivity contribution is -0.384. The van der Waals surface area contributed by atoms with E-state index in [1.807, 2.05) is 0 Å². The van der Waals surface area contributed by atoms with Crippen LogP contribution in [0.15, 0.2) is 18.2 Å². The van der Waals surface area contributed by atoms with Gasteiger partial charge in [0, 0.05) is 12.1 Å². The van der Waals surface area contributed by atoms with Gasteiger partial charge in [-0.2, -0.15) is 5.26 Å². The number of hydrogen-bond acceptors (Lipinski definition) is 7. The molecule has 1 aliphatic rings. The molecule has 0 unspecified atom stereocenters. The number of nitro groups is 1. The topological polar surface area (TPSA) is 123 Å². The summed E-state index contributed by atoms with van der Waals surface area (Å²) in [6, 6.07) is 5.47. The number of anilines is 1. The summed E-state index contributed by atoms with van der Waals surface area (Å²) in [6.07, 6.45) is -0.951. The maximum absolute atomic E-state index is 11.9. The van der Waals surface area contributed by atoms with Crippen LogP contribution in [-0.2, 0) is 14.3 Å². The number of amides is 1. The minimum Gasteiger partial charge on any atom is -0.482 e. The molecule has 1 aromatic rings. The number of nitro benzene ring substituents is 1. The fourth-order valence-corrected chi connectivity index (χ4v) is 1.87. The van der Waals surface area contributed by atoms with E-state index in [9.17, 15) is 19.7 Å². The smallest absolute Gasteiger partial charge is 0.327 e. The standard InChI is InChI=1S/C13H11N3O6/c1-8(5-14)22-13(18)6-15-10-4-9(16(19)20)2-3-11(10)21-7-12(15)17/h2-4,8H,6-7H2,1H3/t8-/m0/s1. The second-order valence-corrected chi connectivity index (χ2v) is 4.44. The molecule has 0 radical (unpaired) electrons. The van der Waals surface area contributed by atoms with Crippen molar-refractivity contribution in [2.75, 3.05) is 18.1 Å². The number of fused-ring (bicyclic) bond motifs is 1. The summed E-state index contributed by atoms with van der Waals surface area (Å²) >= 11 is 0. The molecule has 1 atom stereocenters. The number of benzene rings is 1. The van der Waals surface area contributed by atoms with Crippen molar-refractivity contribution >= 4 is 23.3 Å². The van der Waals surface area contributed by atoms with Gasteiger partial charge in [-0.3, -0.25) is 24.6 Å². The summed E-state index contributed by atoms with van der Waals surface area (Å²) in [7, 11) is 0. The fraction of sp³-hybridized carbons (Fsp3) is 0.308. The molecule has 1 aromatic carbocycles. The van der Waals surface area contributed by atoms with E-state index in [2.05, 4.69) is 0 Å². The summed E-state index contributed by atoms with van der Waals surface area (Å²) in [6.45, 7) is 0.645. The molecule has 0 saturated carbocycles. The molecule has 2 rings (SSSR count). The Morgan fingerprint density at radius 3 is 3.00 bits per heavy atom. The molecule has 0 aliphatic carbocycles. The zero-order valence-electron chi connectivity index (χ0n) is 11.5. The van der Waals surface area contributed by atoms with Crippen molar-refractivity contribution in [1.29, 1.82) is 5.26 Å². The van der Waals surface area contributed by atoms with Gasteiger partial charge in [0.25, 0.3) is 11.6 Å². The molecule has 0 bridgehead atoms. The maximum Gasteiger partial charge on any atom is 0.327 e. The number of hydrogen-bond donors (Lipinski definition) is 0. The quantitative estimate of drug-likeness (QED) is 0.457. The summed E-state index contributed by atoms with van der Waals surface area (Å²) in [4.78, 5) is 34.8. The molecule has 0 saturated heterocycles. The summed E-state index contributed by atoms with van der Waals surface area (Å²) in [5, 5.41) is 19.4. The molecular formula is C13H11N3O6. The zero-order valence-corrected chi connectivity index (χ0v) is 11.5. The first-order valence-electron chi connectivity index (χ1n) is 6.23. The molecule has 0 N–H and O–H groups in total. The van der Waals surface area contributed by atoms with Gasteiger partial charge in [0.1, 0.15) is 18.4 Å². The third-order valence-corrected chi connectivity index (χ3v) is 2.87. The predicted octanol–water partition coefficient (Wildman–Crippen LogP) is 0.775. The van der Waals surface area contributed by atoms with Crippen LogP contribution in [0.2, 0.25) is 0 Å². The molecule has 1 heterocycles. The van der Waals surface area contributed by atoms with Crippen LogP contribution in [0.25, 0.3) is 0 Å². The summed E-state index contributed by atoms with van der Waals surface area (Å²) in [5.74, 6) is -1.07. The monoisotopic (exact) mass is 305 g/mol. The molecule has 114 valence electrons. The second-order valence-electron chi connectivity index (χ2n) is 4.44. The van der Waals surface area contributed by atoms with Gasteiger partial charge in [-0.15, -0.1) is 0 Å². The summed E-state index contributed by atoms with van der Waals surface area (Å²) in [5.41, 5.74) is -0.118. The van der Waals surface area contributed by atoms with Gasteiger partial charge in [-0.1, -0.05) is 0 Å². The molecule has 0 spiro atoms. The Morgan fingerprint density at radius 2 is 2.36 bits per heavy atom. The van der Waals surface area contributed by atoms with E-state index in [1.54, 1.807) is 6.07 Å². The van der Waals surface area contributed by atoms with Crippen LogP contribution in [0.5, 0.6) is 5.75 Å². The highest BCUT2D eigenvalue weighted by atomic mass is 16.6. The molecule has 9 heteroatoms. The SMILES string of the molecule is C[C@@H](C#N)OC(=O)CN1C(=O)COc2ccc([N+](=O)[O-])cc21. The number of nitrogens with zero attached hydrogens (tertiary/aromatic N) is 3. The lowest BCUT2D eigenvalue weighted by Gasteiger charge is -2.28. The van der Waals surface area contributed by atoms with Crippen molar-refractivity contribution in [2.45, 2.75) is 13.0 Å². The van der Waals surface area contributed by atoms with E-state index in [-0.39, 0.29) is 23.7 Å². The number of ether oxygens (including phenoxy) is 2. The number of carbonyl (C=O) groups is 2. The van der Waals surface area contributed by atoms with Crippen molar-refractivity contribution in [3.05, 3.63) is 28.3 Å². The molecular weight excluding hydrogens is 294 g/mol. The van der Waals surface area contributed by atoms with E-state index in [0.717, 1.165) is 11.0 Å². The number of rotatable bonds is 4. The first-order valence-corrected chi connectivity index (χ1v) is 6.23. The maximum atomic E-state index is 11.9. The second kappa shape index (κ2) is 6.09. The Hall–Kier alpha value is -3.15.